The van der Waals surface area contributed by atoms with Crippen molar-refractivity contribution in [3.05, 3.63) is 86.8 Å². The number of nitrogens with zero attached hydrogens (tertiary/aromatic N) is 1. The third kappa shape index (κ3) is 6.27. The van der Waals surface area contributed by atoms with Gasteiger partial charge in [-0.1, -0.05) is 83.9 Å². The van der Waals surface area contributed by atoms with Crippen molar-refractivity contribution in [3.63, 3.8) is 0 Å². The molecule has 6 nitrogen and oxygen atoms in total. The average molecular weight is 463 g/mol. The van der Waals surface area contributed by atoms with Crippen LogP contribution in [0, 0.1) is 0 Å². The van der Waals surface area contributed by atoms with Crippen molar-refractivity contribution in [1.29, 1.82) is 0 Å². The van der Waals surface area contributed by atoms with Crippen molar-refractivity contribution < 1.29 is 9.59 Å². The zero-order valence-electron chi connectivity index (χ0n) is 15.9. The number of carbonyl (C=O) groups excluding carboxylic acids is 2. The summed E-state index contributed by atoms with van der Waals surface area (Å²) in [5.41, 5.74) is 2.15. The molecule has 3 aromatic rings. The molecule has 0 bridgehead atoms. The van der Waals surface area contributed by atoms with Crippen molar-refractivity contribution in [2.24, 2.45) is 0 Å². The first kappa shape index (κ1) is 22.2. The van der Waals surface area contributed by atoms with Gasteiger partial charge in [-0.25, -0.2) is 0 Å². The molecule has 30 heavy (non-hydrogen) atoms. The summed E-state index contributed by atoms with van der Waals surface area (Å²) in [5.74, 6) is -0.611. The highest BCUT2D eigenvalue weighted by atomic mass is 35.5. The van der Waals surface area contributed by atoms with Crippen LogP contribution in [0.15, 0.2) is 60.7 Å². The van der Waals surface area contributed by atoms with Crippen molar-refractivity contribution in [2.75, 3.05) is 6.67 Å². The van der Waals surface area contributed by atoms with Crippen LogP contribution in [0.4, 0.5) is 0 Å². The summed E-state index contributed by atoms with van der Waals surface area (Å²) in [6.07, 6.45) is 0.471. The lowest BCUT2D eigenvalue weighted by Gasteiger charge is -2.19. The molecule has 0 aliphatic carbocycles. The molecule has 0 spiro atoms. The quantitative estimate of drug-likeness (QED) is 0.423. The van der Waals surface area contributed by atoms with Gasteiger partial charge in [0.15, 0.2) is 5.15 Å². The van der Waals surface area contributed by atoms with Crippen LogP contribution in [0.25, 0.3) is 0 Å². The molecule has 0 aliphatic rings. The standard InChI is InChI=1S/C21H20Cl2N4O2S/c22-18-17(19(23)30-27-18)21(29)26-13-25-16(11-14-7-3-1-4-8-14)20(28)24-12-15-9-5-2-6-10-15/h1-10,16,25H,11-13H2,(H,24,28)(H,26,29)/t16-/m0/s1. The second kappa shape index (κ2) is 11.1. The van der Waals surface area contributed by atoms with Crippen molar-refractivity contribution in [1.82, 2.24) is 20.3 Å². The molecule has 0 unspecified atom stereocenters. The van der Waals surface area contributed by atoms with Gasteiger partial charge in [-0.3, -0.25) is 14.9 Å². The van der Waals surface area contributed by atoms with E-state index in [2.05, 4.69) is 20.3 Å². The van der Waals surface area contributed by atoms with Crippen LogP contribution >= 0.6 is 34.7 Å². The third-order valence-corrected chi connectivity index (χ3v) is 5.75. The zero-order valence-corrected chi connectivity index (χ0v) is 18.2. The Labute approximate surface area is 188 Å². The summed E-state index contributed by atoms with van der Waals surface area (Å²) in [5, 5.41) is 8.77. The van der Waals surface area contributed by atoms with Gasteiger partial charge in [-0.2, -0.15) is 4.37 Å². The Balaban J connectivity index is 1.60. The molecule has 9 heteroatoms. The highest BCUT2D eigenvalue weighted by molar-refractivity contribution is 7.11. The number of amides is 2. The summed E-state index contributed by atoms with van der Waals surface area (Å²) in [7, 11) is 0. The third-order valence-electron chi connectivity index (χ3n) is 4.34. The van der Waals surface area contributed by atoms with Crippen LogP contribution in [-0.2, 0) is 17.8 Å². The van der Waals surface area contributed by atoms with Gasteiger partial charge in [0.05, 0.1) is 12.7 Å². The Kier molecular flexibility index (Phi) is 8.21. The van der Waals surface area contributed by atoms with Crippen LogP contribution in [0.2, 0.25) is 9.49 Å². The van der Waals surface area contributed by atoms with Gasteiger partial charge in [0.25, 0.3) is 5.91 Å². The number of halogens is 2. The maximum absolute atomic E-state index is 12.8. The lowest BCUT2D eigenvalue weighted by molar-refractivity contribution is -0.123. The molecule has 1 atom stereocenters. The van der Waals surface area contributed by atoms with Gasteiger partial charge in [0, 0.05) is 6.54 Å². The number of nitrogens with one attached hydrogen (secondary N) is 3. The summed E-state index contributed by atoms with van der Waals surface area (Å²) in [4.78, 5) is 25.1. The molecular weight excluding hydrogens is 443 g/mol. The van der Waals surface area contributed by atoms with E-state index < -0.39 is 11.9 Å². The lowest BCUT2D eigenvalue weighted by Crippen LogP contribution is -2.49. The number of hydrogen-bond acceptors (Lipinski definition) is 5. The molecular formula is C21H20Cl2N4O2S. The fourth-order valence-electron chi connectivity index (χ4n) is 2.79. The Morgan fingerprint density at radius 1 is 0.933 bits per heavy atom. The van der Waals surface area contributed by atoms with Gasteiger partial charge in [-0.15, -0.1) is 0 Å². The van der Waals surface area contributed by atoms with E-state index in [-0.39, 0.29) is 27.6 Å². The molecule has 1 heterocycles. The second-order valence-electron chi connectivity index (χ2n) is 6.45. The fraction of sp³-hybridized carbons (Fsp3) is 0.190. The highest BCUT2D eigenvalue weighted by Gasteiger charge is 2.21. The van der Waals surface area contributed by atoms with Crippen LogP contribution < -0.4 is 16.0 Å². The molecule has 0 radical (unpaired) electrons. The predicted molar refractivity (Wildman–Crippen MR) is 120 cm³/mol. The monoisotopic (exact) mass is 462 g/mol. The van der Waals surface area contributed by atoms with Crippen molar-refractivity contribution in [2.45, 2.75) is 19.0 Å². The molecule has 2 amide bonds. The van der Waals surface area contributed by atoms with Gasteiger partial charge in [0.1, 0.15) is 9.90 Å². The maximum Gasteiger partial charge on any atom is 0.257 e. The molecule has 156 valence electrons. The number of rotatable bonds is 9. The Bertz CT molecular complexity index is 964. The molecule has 0 aliphatic heterocycles. The van der Waals surface area contributed by atoms with E-state index in [1.165, 1.54) is 0 Å². The normalized spacial score (nSPS) is 11.7. The highest BCUT2D eigenvalue weighted by Crippen LogP contribution is 2.27. The van der Waals surface area contributed by atoms with Crippen LogP contribution in [-0.4, -0.2) is 28.9 Å². The molecule has 2 aromatic carbocycles. The molecule has 1 aromatic heterocycles. The zero-order chi connectivity index (χ0) is 21.3. The van der Waals surface area contributed by atoms with Gasteiger partial charge in [-0.05, 0) is 29.1 Å². The fourth-order valence-corrected chi connectivity index (χ4v) is 3.99. The van der Waals surface area contributed by atoms with Crippen molar-refractivity contribution in [3.8, 4) is 0 Å². The van der Waals surface area contributed by atoms with Crippen LogP contribution in [0.5, 0.6) is 0 Å². The SMILES string of the molecule is O=C(NCN[C@@H](Cc1ccccc1)C(=O)NCc1ccccc1)c1c(Cl)nsc1Cl. The average Bonchev–Trinajstić information content (AvgIpc) is 3.10. The number of hydrogen-bond donors (Lipinski definition) is 3. The predicted octanol–water partition coefficient (Wildman–Crippen LogP) is 3.65. The van der Waals surface area contributed by atoms with Crippen LogP contribution in [0.1, 0.15) is 21.5 Å². The van der Waals surface area contributed by atoms with E-state index in [9.17, 15) is 9.59 Å². The molecule has 0 saturated carbocycles. The minimum absolute atomic E-state index is 0.0592. The minimum atomic E-state index is -0.539. The van der Waals surface area contributed by atoms with Crippen LogP contribution in [0.3, 0.4) is 0 Å². The number of benzene rings is 2. The summed E-state index contributed by atoms with van der Waals surface area (Å²) < 4.78 is 4.07. The summed E-state index contributed by atoms with van der Waals surface area (Å²) in [6, 6.07) is 18.8. The summed E-state index contributed by atoms with van der Waals surface area (Å²) >= 11 is 12.8. The first-order chi connectivity index (χ1) is 14.5. The lowest BCUT2D eigenvalue weighted by atomic mass is 10.1. The van der Waals surface area contributed by atoms with E-state index in [1.807, 2.05) is 60.7 Å². The van der Waals surface area contributed by atoms with E-state index in [4.69, 9.17) is 23.2 Å². The topological polar surface area (TPSA) is 83.1 Å². The Morgan fingerprint density at radius 2 is 1.57 bits per heavy atom. The maximum atomic E-state index is 12.8. The van der Waals surface area contributed by atoms with Gasteiger partial charge in [0.2, 0.25) is 5.91 Å². The molecule has 0 fully saturated rings. The second-order valence-corrected chi connectivity index (χ2v) is 8.19. The smallest absolute Gasteiger partial charge is 0.257 e. The van der Waals surface area contributed by atoms with Gasteiger partial charge >= 0.3 is 0 Å². The van der Waals surface area contributed by atoms with E-state index in [0.29, 0.717) is 13.0 Å². The van der Waals surface area contributed by atoms with Gasteiger partial charge < -0.3 is 10.6 Å². The molecule has 3 rings (SSSR count). The molecule has 0 saturated heterocycles. The van der Waals surface area contributed by atoms with E-state index in [1.54, 1.807) is 0 Å². The Hall–Kier alpha value is -2.45. The minimum Gasteiger partial charge on any atom is -0.351 e. The number of aromatic nitrogens is 1. The Morgan fingerprint density at radius 3 is 2.17 bits per heavy atom. The van der Waals surface area contributed by atoms with E-state index in [0.717, 1.165) is 22.7 Å². The van der Waals surface area contributed by atoms with E-state index >= 15 is 0 Å². The molecule has 3 N–H and O–H groups in total. The van der Waals surface area contributed by atoms with Crippen molar-refractivity contribution >= 4 is 46.5 Å². The summed E-state index contributed by atoms with van der Waals surface area (Å²) in [6.45, 7) is 0.488. The number of carbonyl (C=O) groups is 2. The largest absolute Gasteiger partial charge is 0.351 e. The first-order valence-corrected chi connectivity index (χ1v) is 10.8. The first-order valence-electron chi connectivity index (χ1n) is 9.22.